The van der Waals surface area contributed by atoms with Gasteiger partial charge < -0.3 is 4.74 Å². The number of carbonyl (C=O) groups is 1. The minimum absolute atomic E-state index is 0.0472. The third-order valence-corrected chi connectivity index (χ3v) is 2.81. The van der Waals surface area contributed by atoms with E-state index in [4.69, 9.17) is 4.74 Å². The molecule has 0 spiro atoms. The summed E-state index contributed by atoms with van der Waals surface area (Å²) in [6.07, 6.45) is 1.34. The Hall–Kier alpha value is -1.40. The summed E-state index contributed by atoms with van der Waals surface area (Å²) in [5.74, 6) is -1.64. The van der Waals surface area contributed by atoms with Crippen LogP contribution in [-0.4, -0.2) is 18.3 Å². The SMILES string of the molecule is C=C(C)CC(OCc1cc(F)cc(F)c1)C(=O)NSC. The Bertz CT molecular complexity index is 474. The minimum atomic E-state index is -0.730. The van der Waals surface area contributed by atoms with Crippen molar-refractivity contribution < 1.29 is 18.3 Å². The van der Waals surface area contributed by atoms with E-state index in [1.54, 1.807) is 13.2 Å². The molecule has 1 unspecified atom stereocenters. The van der Waals surface area contributed by atoms with Gasteiger partial charge in [0.15, 0.2) is 0 Å². The lowest BCUT2D eigenvalue weighted by Crippen LogP contribution is -2.32. The Labute approximate surface area is 121 Å². The largest absolute Gasteiger partial charge is 0.363 e. The normalized spacial score (nSPS) is 12.0. The van der Waals surface area contributed by atoms with Crippen LogP contribution in [0.2, 0.25) is 0 Å². The van der Waals surface area contributed by atoms with Crippen molar-refractivity contribution >= 4 is 17.9 Å². The van der Waals surface area contributed by atoms with E-state index in [2.05, 4.69) is 11.3 Å². The number of hydrogen-bond acceptors (Lipinski definition) is 3. The monoisotopic (exact) mass is 301 g/mol. The Kier molecular flexibility index (Phi) is 6.67. The van der Waals surface area contributed by atoms with E-state index in [0.717, 1.165) is 23.6 Å². The molecule has 20 heavy (non-hydrogen) atoms. The van der Waals surface area contributed by atoms with Crippen molar-refractivity contribution in [1.82, 2.24) is 4.72 Å². The third kappa shape index (κ3) is 5.71. The molecule has 1 atom stereocenters. The van der Waals surface area contributed by atoms with Gasteiger partial charge in [0.25, 0.3) is 5.91 Å². The lowest BCUT2D eigenvalue weighted by atomic mass is 10.1. The molecule has 3 nitrogen and oxygen atoms in total. The summed E-state index contributed by atoms with van der Waals surface area (Å²) in [6, 6.07) is 3.13. The van der Waals surface area contributed by atoms with Gasteiger partial charge in [-0.1, -0.05) is 17.5 Å². The van der Waals surface area contributed by atoms with Crippen molar-refractivity contribution in [1.29, 1.82) is 0 Å². The van der Waals surface area contributed by atoms with Gasteiger partial charge in [0.1, 0.15) is 17.7 Å². The lowest BCUT2D eigenvalue weighted by Gasteiger charge is -2.17. The number of halogens is 2. The molecule has 0 saturated heterocycles. The number of ether oxygens (including phenoxy) is 1. The van der Waals surface area contributed by atoms with Gasteiger partial charge in [-0.2, -0.15) is 0 Å². The first kappa shape index (κ1) is 16.7. The van der Waals surface area contributed by atoms with E-state index in [9.17, 15) is 13.6 Å². The van der Waals surface area contributed by atoms with Gasteiger partial charge in [0.05, 0.1) is 6.61 Å². The molecule has 0 fully saturated rings. The molecule has 0 bridgehead atoms. The molecule has 110 valence electrons. The van der Waals surface area contributed by atoms with E-state index in [1.807, 2.05) is 0 Å². The van der Waals surface area contributed by atoms with Gasteiger partial charge in [-0.05, 0) is 24.6 Å². The molecular formula is C14H17F2NO2S. The van der Waals surface area contributed by atoms with Crippen LogP contribution in [0.25, 0.3) is 0 Å². The fourth-order valence-corrected chi connectivity index (χ4v) is 1.93. The Morgan fingerprint density at radius 1 is 1.40 bits per heavy atom. The summed E-state index contributed by atoms with van der Waals surface area (Å²) < 4.78 is 34.1. The number of hydrogen-bond donors (Lipinski definition) is 1. The second kappa shape index (κ2) is 8.01. The molecular weight excluding hydrogens is 284 g/mol. The van der Waals surface area contributed by atoms with Gasteiger partial charge >= 0.3 is 0 Å². The smallest absolute Gasteiger partial charge is 0.259 e. The van der Waals surface area contributed by atoms with Crippen LogP contribution in [0, 0.1) is 11.6 Å². The first-order valence-corrected chi connectivity index (χ1v) is 7.18. The van der Waals surface area contributed by atoms with Crippen LogP contribution in [0.15, 0.2) is 30.4 Å². The van der Waals surface area contributed by atoms with Crippen LogP contribution >= 0.6 is 11.9 Å². The number of rotatable bonds is 7. The molecule has 1 amide bonds. The maximum Gasteiger partial charge on any atom is 0.259 e. The van der Waals surface area contributed by atoms with Crippen LogP contribution in [0.4, 0.5) is 8.78 Å². The van der Waals surface area contributed by atoms with Crippen molar-refractivity contribution in [3.8, 4) is 0 Å². The van der Waals surface area contributed by atoms with E-state index < -0.39 is 17.7 Å². The summed E-state index contributed by atoms with van der Waals surface area (Å²) >= 11 is 1.16. The van der Waals surface area contributed by atoms with Crippen LogP contribution in [0.3, 0.4) is 0 Å². The zero-order chi connectivity index (χ0) is 15.1. The Morgan fingerprint density at radius 2 is 2.00 bits per heavy atom. The third-order valence-electron chi connectivity index (χ3n) is 2.40. The number of nitrogens with one attached hydrogen (secondary N) is 1. The first-order chi connectivity index (χ1) is 9.42. The molecule has 6 heteroatoms. The second-order valence-corrected chi connectivity index (χ2v) is 5.02. The quantitative estimate of drug-likeness (QED) is 0.621. The molecule has 0 heterocycles. The van der Waals surface area contributed by atoms with E-state index in [0.29, 0.717) is 12.0 Å². The highest BCUT2D eigenvalue weighted by Crippen LogP contribution is 2.13. The number of benzene rings is 1. The molecule has 0 radical (unpaired) electrons. The topological polar surface area (TPSA) is 38.3 Å². The van der Waals surface area contributed by atoms with Crippen molar-refractivity contribution in [3.05, 3.63) is 47.5 Å². The lowest BCUT2D eigenvalue weighted by molar-refractivity contribution is -0.131. The van der Waals surface area contributed by atoms with E-state index >= 15 is 0 Å². The van der Waals surface area contributed by atoms with Crippen molar-refractivity contribution in [2.45, 2.75) is 26.1 Å². The fraction of sp³-hybridized carbons (Fsp3) is 0.357. The van der Waals surface area contributed by atoms with Crippen LogP contribution in [0.1, 0.15) is 18.9 Å². The Morgan fingerprint density at radius 3 is 2.50 bits per heavy atom. The highest BCUT2D eigenvalue weighted by atomic mass is 32.2. The highest BCUT2D eigenvalue weighted by Gasteiger charge is 2.19. The maximum atomic E-state index is 13.0. The van der Waals surface area contributed by atoms with Gasteiger partial charge in [-0.15, -0.1) is 6.58 Å². The zero-order valence-electron chi connectivity index (χ0n) is 11.4. The molecule has 0 saturated carbocycles. The Balaban J connectivity index is 2.69. The summed E-state index contributed by atoms with van der Waals surface area (Å²) in [5, 5.41) is 0. The summed E-state index contributed by atoms with van der Waals surface area (Å²) in [7, 11) is 0. The van der Waals surface area contributed by atoms with E-state index in [1.165, 1.54) is 12.1 Å². The summed E-state index contributed by atoms with van der Waals surface area (Å²) in [4.78, 5) is 11.8. The van der Waals surface area contributed by atoms with Crippen LogP contribution in [0.5, 0.6) is 0 Å². The second-order valence-electron chi connectivity index (χ2n) is 4.41. The fourth-order valence-electron chi connectivity index (χ4n) is 1.60. The number of amides is 1. The predicted molar refractivity (Wildman–Crippen MR) is 76.0 cm³/mol. The van der Waals surface area contributed by atoms with Crippen LogP contribution < -0.4 is 4.72 Å². The molecule has 0 aromatic heterocycles. The summed E-state index contributed by atoms with van der Waals surface area (Å²) in [5.41, 5.74) is 1.13. The molecule has 1 aromatic rings. The molecule has 1 aromatic carbocycles. The average molecular weight is 301 g/mol. The van der Waals surface area contributed by atoms with Gasteiger partial charge in [-0.25, -0.2) is 8.78 Å². The molecule has 1 rings (SSSR count). The summed E-state index contributed by atoms with van der Waals surface area (Å²) in [6.45, 7) is 5.47. The molecule has 1 N–H and O–H groups in total. The van der Waals surface area contributed by atoms with Gasteiger partial charge in [0.2, 0.25) is 0 Å². The first-order valence-electron chi connectivity index (χ1n) is 5.96. The van der Waals surface area contributed by atoms with Gasteiger partial charge in [-0.3, -0.25) is 9.52 Å². The van der Waals surface area contributed by atoms with Crippen LogP contribution in [-0.2, 0) is 16.1 Å². The zero-order valence-corrected chi connectivity index (χ0v) is 12.2. The molecule has 0 aliphatic rings. The highest BCUT2D eigenvalue weighted by molar-refractivity contribution is 7.97. The van der Waals surface area contributed by atoms with E-state index in [-0.39, 0.29) is 12.5 Å². The standard InChI is InChI=1S/C14H17F2NO2S/c1-9(2)4-13(14(18)17-20-3)19-8-10-5-11(15)7-12(16)6-10/h5-7,13H,1,4,8H2,2-3H3,(H,17,18). The minimum Gasteiger partial charge on any atom is -0.363 e. The van der Waals surface area contributed by atoms with Crippen molar-refractivity contribution in [3.63, 3.8) is 0 Å². The number of carbonyl (C=O) groups excluding carboxylic acids is 1. The maximum absolute atomic E-state index is 13.0. The average Bonchev–Trinajstić information content (AvgIpc) is 2.33. The molecule has 0 aliphatic carbocycles. The van der Waals surface area contributed by atoms with Gasteiger partial charge in [0, 0.05) is 18.7 Å². The molecule has 0 aliphatic heterocycles. The predicted octanol–water partition coefficient (Wildman–Crippen LogP) is 3.21. The van der Waals surface area contributed by atoms with Crippen molar-refractivity contribution in [2.75, 3.05) is 6.26 Å². The van der Waals surface area contributed by atoms with Crippen molar-refractivity contribution in [2.24, 2.45) is 0 Å².